The van der Waals surface area contributed by atoms with Crippen molar-refractivity contribution in [3.05, 3.63) is 60.2 Å². The zero-order chi connectivity index (χ0) is 13.8. The van der Waals surface area contributed by atoms with Gasteiger partial charge in [-0.2, -0.15) is 0 Å². The number of aryl methyl sites for hydroxylation is 2. The molecule has 0 bridgehead atoms. The molecule has 1 N–H and O–H groups in total. The first-order valence-electron chi connectivity index (χ1n) is 6.93. The highest BCUT2D eigenvalue weighted by Gasteiger charge is 2.01. The molecule has 0 aliphatic heterocycles. The minimum atomic E-state index is 0.713. The van der Waals surface area contributed by atoms with Gasteiger partial charge in [-0.05, 0) is 42.7 Å². The van der Waals surface area contributed by atoms with Crippen LogP contribution in [0.3, 0.4) is 0 Å². The van der Waals surface area contributed by atoms with Crippen LogP contribution in [0.1, 0.15) is 17.8 Å². The molecule has 1 aromatic heterocycles. The van der Waals surface area contributed by atoms with Crippen LogP contribution < -0.4 is 4.74 Å². The summed E-state index contributed by atoms with van der Waals surface area (Å²) in [5, 5.41) is 2.46. The van der Waals surface area contributed by atoms with Crippen LogP contribution in [-0.2, 0) is 6.42 Å². The van der Waals surface area contributed by atoms with E-state index in [0.29, 0.717) is 6.61 Å². The Kier molecular flexibility index (Phi) is 3.68. The molecule has 0 aliphatic carbocycles. The Morgan fingerprint density at radius 3 is 2.75 bits per heavy atom. The number of hydrogen-bond acceptors (Lipinski definition) is 2. The number of rotatable bonds is 5. The van der Waals surface area contributed by atoms with Gasteiger partial charge < -0.3 is 9.72 Å². The molecular formula is C17H18N2O. The number of imidazole rings is 1. The molecule has 0 spiro atoms. The van der Waals surface area contributed by atoms with Crippen molar-refractivity contribution in [2.24, 2.45) is 0 Å². The van der Waals surface area contributed by atoms with E-state index in [9.17, 15) is 0 Å². The average Bonchev–Trinajstić information content (AvgIpc) is 2.89. The van der Waals surface area contributed by atoms with Crippen molar-refractivity contribution in [1.82, 2.24) is 9.97 Å². The lowest BCUT2D eigenvalue weighted by Gasteiger charge is -2.07. The molecular weight excluding hydrogens is 248 g/mol. The van der Waals surface area contributed by atoms with Crippen molar-refractivity contribution in [3.8, 4) is 5.75 Å². The lowest BCUT2D eigenvalue weighted by Crippen LogP contribution is -2.00. The number of ether oxygens (including phenoxy) is 1. The Morgan fingerprint density at radius 1 is 1.10 bits per heavy atom. The number of H-pyrrole nitrogens is 1. The van der Waals surface area contributed by atoms with Gasteiger partial charge in [-0.3, -0.25) is 0 Å². The molecule has 2 aromatic carbocycles. The van der Waals surface area contributed by atoms with Gasteiger partial charge >= 0.3 is 0 Å². The van der Waals surface area contributed by atoms with Gasteiger partial charge in [-0.1, -0.05) is 30.3 Å². The highest BCUT2D eigenvalue weighted by atomic mass is 16.5. The first kappa shape index (κ1) is 12.7. The maximum atomic E-state index is 5.81. The van der Waals surface area contributed by atoms with E-state index in [1.807, 2.05) is 19.1 Å². The first-order valence-corrected chi connectivity index (χ1v) is 6.93. The summed E-state index contributed by atoms with van der Waals surface area (Å²) in [6, 6.07) is 14.5. The molecule has 3 nitrogen and oxygen atoms in total. The minimum Gasteiger partial charge on any atom is -0.494 e. The molecule has 0 atom stereocenters. The zero-order valence-electron chi connectivity index (χ0n) is 11.6. The van der Waals surface area contributed by atoms with Gasteiger partial charge in [-0.15, -0.1) is 0 Å². The molecule has 20 heavy (non-hydrogen) atoms. The van der Waals surface area contributed by atoms with E-state index in [4.69, 9.17) is 4.74 Å². The van der Waals surface area contributed by atoms with Crippen LogP contribution in [0, 0.1) is 6.92 Å². The molecule has 1 heterocycles. The number of aromatic nitrogens is 2. The summed E-state index contributed by atoms with van der Waals surface area (Å²) in [6.45, 7) is 2.76. The van der Waals surface area contributed by atoms with Gasteiger partial charge in [0.1, 0.15) is 5.75 Å². The van der Waals surface area contributed by atoms with E-state index < -0.39 is 0 Å². The van der Waals surface area contributed by atoms with E-state index in [1.54, 1.807) is 6.33 Å². The van der Waals surface area contributed by atoms with Crippen LogP contribution in [-0.4, -0.2) is 16.6 Å². The number of aromatic amines is 1. The molecule has 0 unspecified atom stereocenters. The summed E-state index contributed by atoms with van der Waals surface area (Å²) >= 11 is 0. The third-order valence-electron chi connectivity index (χ3n) is 3.48. The van der Waals surface area contributed by atoms with Gasteiger partial charge in [-0.25, -0.2) is 4.98 Å². The van der Waals surface area contributed by atoms with Crippen molar-refractivity contribution in [2.75, 3.05) is 6.61 Å². The molecule has 102 valence electrons. The van der Waals surface area contributed by atoms with Crippen LogP contribution in [0.4, 0.5) is 0 Å². The second-order valence-electron chi connectivity index (χ2n) is 4.94. The van der Waals surface area contributed by atoms with Crippen LogP contribution in [0.5, 0.6) is 5.75 Å². The van der Waals surface area contributed by atoms with Gasteiger partial charge in [0.05, 0.1) is 18.6 Å². The van der Waals surface area contributed by atoms with Crippen molar-refractivity contribution >= 4 is 10.8 Å². The maximum Gasteiger partial charge on any atom is 0.119 e. The summed E-state index contributed by atoms with van der Waals surface area (Å²) in [5.74, 6) is 0.933. The smallest absolute Gasteiger partial charge is 0.119 e. The molecule has 0 saturated heterocycles. The summed E-state index contributed by atoms with van der Waals surface area (Å²) in [7, 11) is 0. The molecule has 0 fully saturated rings. The maximum absolute atomic E-state index is 5.81. The van der Waals surface area contributed by atoms with E-state index in [2.05, 4.69) is 40.3 Å². The predicted molar refractivity (Wildman–Crippen MR) is 81.1 cm³/mol. The Balaban J connectivity index is 1.56. The first-order chi connectivity index (χ1) is 9.83. The fraction of sp³-hybridized carbons (Fsp3) is 0.235. The standard InChI is InChI=1S/C17H18N2O/c1-13-17(19-12-18-13)7-4-10-20-16-9-8-14-5-2-3-6-15(14)11-16/h2-3,5-6,8-9,11-12H,4,7,10H2,1H3,(H,18,19). The van der Waals surface area contributed by atoms with Crippen LogP contribution in [0.2, 0.25) is 0 Å². The average molecular weight is 266 g/mol. The van der Waals surface area contributed by atoms with Gasteiger partial charge in [0, 0.05) is 5.69 Å². The Labute approximate surface area is 118 Å². The summed E-state index contributed by atoms with van der Waals surface area (Å²) in [6.07, 6.45) is 3.66. The Bertz CT molecular complexity index is 703. The lowest BCUT2D eigenvalue weighted by molar-refractivity contribution is 0.311. The Hall–Kier alpha value is -2.29. The fourth-order valence-electron chi connectivity index (χ4n) is 2.33. The molecule has 3 rings (SSSR count). The number of nitrogens with one attached hydrogen (secondary N) is 1. The normalized spacial score (nSPS) is 10.8. The Morgan fingerprint density at radius 2 is 1.95 bits per heavy atom. The molecule has 0 saturated carbocycles. The van der Waals surface area contributed by atoms with Gasteiger partial charge in [0.2, 0.25) is 0 Å². The monoisotopic (exact) mass is 266 g/mol. The van der Waals surface area contributed by atoms with Crippen molar-refractivity contribution in [3.63, 3.8) is 0 Å². The fourth-order valence-corrected chi connectivity index (χ4v) is 2.33. The minimum absolute atomic E-state index is 0.713. The second kappa shape index (κ2) is 5.78. The number of nitrogens with zero attached hydrogens (tertiary/aromatic N) is 1. The molecule has 3 aromatic rings. The zero-order valence-corrected chi connectivity index (χ0v) is 11.6. The van der Waals surface area contributed by atoms with Crippen molar-refractivity contribution in [1.29, 1.82) is 0 Å². The number of benzene rings is 2. The SMILES string of the molecule is Cc1[nH]cnc1CCCOc1ccc2ccccc2c1. The van der Waals surface area contributed by atoms with Gasteiger partial charge in [0.25, 0.3) is 0 Å². The summed E-state index contributed by atoms with van der Waals surface area (Å²) < 4.78 is 5.81. The number of fused-ring (bicyclic) bond motifs is 1. The topological polar surface area (TPSA) is 37.9 Å². The predicted octanol–water partition coefficient (Wildman–Crippen LogP) is 3.88. The quantitative estimate of drug-likeness (QED) is 0.712. The number of hydrogen-bond donors (Lipinski definition) is 1. The van der Waals surface area contributed by atoms with E-state index in [1.165, 1.54) is 10.8 Å². The molecule has 0 aliphatic rings. The van der Waals surface area contributed by atoms with Gasteiger partial charge in [0.15, 0.2) is 0 Å². The van der Waals surface area contributed by atoms with E-state index in [0.717, 1.165) is 30.0 Å². The van der Waals surface area contributed by atoms with Crippen molar-refractivity contribution < 1.29 is 4.74 Å². The van der Waals surface area contributed by atoms with E-state index >= 15 is 0 Å². The van der Waals surface area contributed by atoms with Crippen LogP contribution in [0.25, 0.3) is 10.8 Å². The summed E-state index contributed by atoms with van der Waals surface area (Å²) in [4.78, 5) is 7.39. The third-order valence-corrected chi connectivity index (χ3v) is 3.48. The highest BCUT2D eigenvalue weighted by molar-refractivity contribution is 5.83. The van der Waals surface area contributed by atoms with Crippen LogP contribution >= 0.6 is 0 Å². The summed E-state index contributed by atoms with van der Waals surface area (Å²) in [5.41, 5.74) is 2.28. The third kappa shape index (κ3) is 2.82. The molecule has 0 radical (unpaired) electrons. The second-order valence-corrected chi connectivity index (χ2v) is 4.94. The van der Waals surface area contributed by atoms with Crippen molar-refractivity contribution in [2.45, 2.75) is 19.8 Å². The van der Waals surface area contributed by atoms with Crippen LogP contribution in [0.15, 0.2) is 48.8 Å². The lowest BCUT2D eigenvalue weighted by atomic mass is 10.1. The molecule has 3 heteroatoms. The molecule has 0 amide bonds. The largest absolute Gasteiger partial charge is 0.494 e. The van der Waals surface area contributed by atoms with E-state index in [-0.39, 0.29) is 0 Å². The highest BCUT2D eigenvalue weighted by Crippen LogP contribution is 2.20.